The van der Waals surface area contributed by atoms with Gasteiger partial charge >= 0.3 is 0 Å². The molecule has 0 saturated carbocycles. The van der Waals surface area contributed by atoms with Crippen molar-refractivity contribution in [3.05, 3.63) is 24.3 Å². The molecule has 0 aromatic heterocycles. The SMILES string of the molecule is C=C(CC)CC=CCCNCC(C)C. The topological polar surface area (TPSA) is 12.0 Å². The molecule has 0 rings (SSSR count). The zero-order valence-corrected chi connectivity index (χ0v) is 9.97. The number of rotatable bonds is 8. The average Bonchev–Trinajstić information content (AvgIpc) is 2.15. The molecule has 0 atom stereocenters. The first-order valence-electron chi connectivity index (χ1n) is 5.69. The first-order chi connectivity index (χ1) is 6.66. The van der Waals surface area contributed by atoms with E-state index in [1.165, 1.54) is 5.57 Å². The summed E-state index contributed by atoms with van der Waals surface area (Å²) in [4.78, 5) is 0. The van der Waals surface area contributed by atoms with Gasteiger partial charge in [0, 0.05) is 0 Å². The van der Waals surface area contributed by atoms with Crippen LogP contribution in [0, 0.1) is 5.92 Å². The summed E-state index contributed by atoms with van der Waals surface area (Å²) in [6.07, 6.45) is 7.73. The third-order valence-electron chi connectivity index (χ3n) is 2.11. The summed E-state index contributed by atoms with van der Waals surface area (Å²) >= 11 is 0. The fraction of sp³-hybridized carbons (Fsp3) is 0.692. The molecule has 0 aromatic rings. The maximum atomic E-state index is 3.96. The summed E-state index contributed by atoms with van der Waals surface area (Å²) in [6.45, 7) is 12.8. The van der Waals surface area contributed by atoms with E-state index in [4.69, 9.17) is 0 Å². The van der Waals surface area contributed by atoms with Gasteiger partial charge in [0.15, 0.2) is 0 Å². The lowest BCUT2D eigenvalue weighted by Gasteiger charge is -2.04. The molecule has 0 unspecified atom stereocenters. The lowest BCUT2D eigenvalue weighted by molar-refractivity contribution is 0.556. The Morgan fingerprint density at radius 3 is 2.64 bits per heavy atom. The zero-order chi connectivity index (χ0) is 10.8. The van der Waals surface area contributed by atoms with Crippen LogP contribution in [0.3, 0.4) is 0 Å². The highest BCUT2D eigenvalue weighted by atomic mass is 14.8. The van der Waals surface area contributed by atoms with E-state index in [1.54, 1.807) is 0 Å². The van der Waals surface area contributed by atoms with Crippen molar-refractivity contribution in [2.75, 3.05) is 13.1 Å². The Morgan fingerprint density at radius 2 is 2.07 bits per heavy atom. The second-order valence-corrected chi connectivity index (χ2v) is 4.17. The highest BCUT2D eigenvalue weighted by Crippen LogP contribution is 2.03. The molecular formula is C13H25N. The minimum Gasteiger partial charge on any atom is -0.316 e. The Bertz CT molecular complexity index is 168. The largest absolute Gasteiger partial charge is 0.316 e. The molecule has 1 nitrogen and oxygen atoms in total. The highest BCUT2D eigenvalue weighted by Gasteiger charge is 1.90. The quantitative estimate of drug-likeness (QED) is 0.461. The van der Waals surface area contributed by atoms with E-state index >= 15 is 0 Å². The predicted octanol–water partition coefficient (Wildman–Crippen LogP) is 3.53. The minimum atomic E-state index is 0.749. The Labute approximate surface area is 89.3 Å². The van der Waals surface area contributed by atoms with Gasteiger partial charge in [-0.2, -0.15) is 0 Å². The minimum absolute atomic E-state index is 0.749. The van der Waals surface area contributed by atoms with E-state index in [-0.39, 0.29) is 0 Å². The summed E-state index contributed by atoms with van der Waals surface area (Å²) in [5.41, 5.74) is 1.32. The molecule has 0 radical (unpaired) electrons. The van der Waals surface area contributed by atoms with Crippen molar-refractivity contribution < 1.29 is 0 Å². The lowest BCUT2D eigenvalue weighted by Crippen LogP contribution is -2.20. The summed E-state index contributed by atoms with van der Waals surface area (Å²) < 4.78 is 0. The van der Waals surface area contributed by atoms with Crippen molar-refractivity contribution in [2.24, 2.45) is 5.92 Å². The van der Waals surface area contributed by atoms with Crippen LogP contribution < -0.4 is 5.32 Å². The molecule has 0 saturated heterocycles. The smallest absolute Gasteiger partial charge is 0.00142 e. The third kappa shape index (κ3) is 9.53. The van der Waals surface area contributed by atoms with Crippen LogP contribution >= 0.6 is 0 Å². The molecule has 1 heteroatoms. The molecule has 0 amide bonds. The fourth-order valence-electron chi connectivity index (χ4n) is 1.09. The Kier molecular flexibility index (Phi) is 8.65. The van der Waals surface area contributed by atoms with E-state index in [1.807, 2.05) is 0 Å². The van der Waals surface area contributed by atoms with Gasteiger partial charge < -0.3 is 5.32 Å². The summed E-state index contributed by atoms with van der Waals surface area (Å²) in [5.74, 6) is 0.749. The normalized spacial score (nSPS) is 11.4. The monoisotopic (exact) mass is 195 g/mol. The Balaban J connectivity index is 3.23. The van der Waals surface area contributed by atoms with E-state index in [0.29, 0.717) is 0 Å². The van der Waals surface area contributed by atoms with E-state index in [9.17, 15) is 0 Å². The first-order valence-corrected chi connectivity index (χ1v) is 5.69. The second-order valence-electron chi connectivity index (χ2n) is 4.17. The molecule has 0 aliphatic rings. The molecule has 0 bridgehead atoms. The number of hydrogen-bond acceptors (Lipinski definition) is 1. The van der Waals surface area contributed by atoms with Crippen LogP contribution in [0.2, 0.25) is 0 Å². The van der Waals surface area contributed by atoms with Crippen LogP contribution in [0.25, 0.3) is 0 Å². The van der Waals surface area contributed by atoms with Crippen molar-refractivity contribution >= 4 is 0 Å². The molecule has 0 aliphatic heterocycles. The zero-order valence-electron chi connectivity index (χ0n) is 9.97. The van der Waals surface area contributed by atoms with Gasteiger partial charge in [0.2, 0.25) is 0 Å². The van der Waals surface area contributed by atoms with Gasteiger partial charge in [-0.1, -0.05) is 45.1 Å². The second kappa shape index (κ2) is 9.01. The van der Waals surface area contributed by atoms with E-state index < -0.39 is 0 Å². The van der Waals surface area contributed by atoms with Gasteiger partial charge in [0.05, 0.1) is 0 Å². The van der Waals surface area contributed by atoms with Crippen molar-refractivity contribution in [1.82, 2.24) is 5.32 Å². The summed E-state index contributed by atoms with van der Waals surface area (Å²) in [7, 11) is 0. The van der Waals surface area contributed by atoms with Crippen LogP contribution in [0.1, 0.15) is 40.0 Å². The number of hydrogen-bond donors (Lipinski definition) is 1. The molecule has 0 heterocycles. The summed E-state index contributed by atoms with van der Waals surface area (Å²) in [6, 6.07) is 0. The van der Waals surface area contributed by atoms with Gasteiger partial charge in [-0.25, -0.2) is 0 Å². The number of allylic oxidation sites excluding steroid dienone is 2. The van der Waals surface area contributed by atoms with Crippen LogP contribution in [0.5, 0.6) is 0 Å². The van der Waals surface area contributed by atoms with Gasteiger partial charge in [0.1, 0.15) is 0 Å². The summed E-state index contributed by atoms with van der Waals surface area (Å²) in [5, 5.41) is 3.41. The van der Waals surface area contributed by atoms with E-state index in [0.717, 1.165) is 38.3 Å². The highest BCUT2D eigenvalue weighted by molar-refractivity contribution is 5.01. The molecule has 0 spiro atoms. The van der Waals surface area contributed by atoms with E-state index in [2.05, 4.69) is 44.8 Å². The average molecular weight is 195 g/mol. The molecular weight excluding hydrogens is 170 g/mol. The van der Waals surface area contributed by atoms with Crippen LogP contribution in [0.4, 0.5) is 0 Å². The molecule has 82 valence electrons. The lowest BCUT2D eigenvalue weighted by atomic mass is 10.1. The molecule has 14 heavy (non-hydrogen) atoms. The van der Waals surface area contributed by atoms with Gasteiger partial charge in [-0.15, -0.1) is 0 Å². The Morgan fingerprint density at radius 1 is 1.36 bits per heavy atom. The number of nitrogens with one attached hydrogen (secondary N) is 1. The fourth-order valence-corrected chi connectivity index (χ4v) is 1.09. The maximum absolute atomic E-state index is 3.96. The van der Waals surface area contributed by atoms with Crippen molar-refractivity contribution in [2.45, 2.75) is 40.0 Å². The standard InChI is InChI=1S/C13H25N/c1-5-13(4)9-7-6-8-10-14-11-12(2)3/h6-7,12,14H,4-5,8-11H2,1-3H3. The van der Waals surface area contributed by atoms with Crippen molar-refractivity contribution in [3.63, 3.8) is 0 Å². The van der Waals surface area contributed by atoms with Gasteiger partial charge in [-0.05, 0) is 38.3 Å². The van der Waals surface area contributed by atoms with Crippen molar-refractivity contribution in [3.8, 4) is 0 Å². The maximum Gasteiger partial charge on any atom is -0.00142 e. The van der Waals surface area contributed by atoms with Gasteiger partial charge in [-0.3, -0.25) is 0 Å². The third-order valence-corrected chi connectivity index (χ3v) is 2.11. The van der Waals surface area contributed by atoms with Crippen LogP contribution in [-0.4, -0.2) is 13.1 Å². The first kappa shape index (κ1) is 13.4. The predicted molar refractivity (Wildman–Crippen MR) is 65.5 cm³/mol. The molecule has 0 fully saturated rings. The molecule has 1 N–H and O–H groups in total. The molecule has 0 aromatic carbocycles. The van der Waals surface area contributed by atoms with Crippen LogP contribution in [0.15, 0.2) is 24.3 Å². The van der Waals surface area contributed by atoms with Crippen molar-refractivity contribution in [1.29, 1.82) is 0 Å². The molecule has 0 aliphatic carbocycles. The van der Waals surface area contributed by atoms with Crippen LogP contribution in [-0.2, 0) is 0 Å². The van der Waals surface area contributed by atoms with Gasteiger partial charge in [0.25, 0.3) is 0 Å². The Hall–Kier alpha value is -0.560.